The standard InChI is InChI=1S/C7H10F3NOS/c1-11(2)6(13-3)4-5(12)7(8,9)10/h4H,1-3H3. The van der Waals surface area contributed by atoms with Gasteiger partial charge in [-0.25, -0.2) is 0 Å². The molecular weight excluding hydrogens is 203 g/mol. The Morgan fingerprint density at radius 2 is 1.85 bits per heavy atom. The molecule has 13 heavy (non-hydrogen) atoms. The average molecular weight is 213 g/mol. The van der Waals surface area contributed by atoms with E-state index in [2.05, 4.69) is 0 Å². The van der Waals surface area contributed by atoms with Gasteiger partial charge in [0.1, 0.15) is 0 Å². The molecule has 2 nitrogen and oxygen atoms in total. The van der Waals surface area contributed by atoms with E-state index in [-0.39, 0.29) is 5.03 Å². The van der Waals surface area contributed by atoms with Crippen LogP contribution in [0.1, 0.15) is 0 Å². The molecule has 0 fully saturated rings. The van der Waals surface area contributed by atoms with E-state index < -0.39 is 12.0 Å². The van der Waals surface area contributed by atoms with E-state index in [9.17, 15) is 18.0 Å². The van der Waals surface area contributed by atoms with Crippen molar-refractivity contribution >= 4 is 17.5 Å². The molecule has 0 rings (SSSR count). The van der Waals surface area contributed by atoms with Gasteiger partial charge < -0.3 is 4.90 Å². The molecule has 0 radical (unpaired) electrons. The van der Waals surface area contributed by atoms with Crippen LogP contribution in [-0.4, -0.2) is 37.2 Å². The minimum atomic E-state index is -4.78. The highest BCUT2D eigenvalue weighted by Crippen LogP contribution is 2.21. The van der Waals surface area contributed by atoms with Crippen molar-refractivity contribution in [2.75, 3.05) is 20.4 Å². The van der Waals surface area contributed by atoms with Crippen molar-refractivity contribution in [2.24, 2.45) is 0 Å². The number of carbonyl (C=O) groups excluding carboxylic acids is 1. The molecule has 0 bridgehead atoms. The van der Waals surface area contributed by atoms with Crippen molar-refractivity contribution in [3.8, 4) is 0 Å². The molecule has 0 amide bonds. The van der Waals surface area contributed by atoms with Gasteiger partial charge in [0.2, 0.25) is 0 Å². The molecule has 0 heterocycles. The van der Waals surface area contributed by atoms with Crippen LogP contribution in [0.3, 0.4) is 0 Å². The first-order chi connectivity index (χ1) is 5.79. The number of rotatable bonds is 3. The van der Waals surface area contributed by atoms with Crippen LogP contribution in [0.5, 0.6) is 0 Å². The Morgan fingerprint density at radius 1 is 1.38 bits per heavy atom. The molecule has 0 spiro atoms. The molecule has 0 unspecified atom stereocenters. The van der Waals surface area contributed by atoms with Crippen LogP contribution in [0, 0.1) is 0 Å². The van der Waals surface area contributed by atoms with Gasteiger partial charge in [0.15, 0.2) is 0 Å². The van der Waals surface area contributed by atoms with Crippen LogP contribution in [0.25, 0.3) is 0 Å². The topological polar surface area (TPSA) is 20.3 Å². The summed E-state index contributed by atoms with van der Waals surface area (Å²) in [6, 6.07) is 0. The van der Waals surface area contributed by atoms with E-state index >= 15 is 0 Å². The van der Waals surface area contributed by atoms with E-state index in [1.54, 1.807) is 20.4 Å². The fourth-order valence-electron chi connectivity index (χ4n) is 0.565. The zero-order valence-corrected chi connectivity index (χ0v) is 8.29. The highest BCUT2D eigenvalue weighted by Gasteiger charge is 2.36. The predicted molar refractivity (Wildman–Crippen MR) is 46.3 cm³/mol. The fourth-order valence-corrected chi connectivity index (χ4v) is 1.15. The molecule has 0 aromatic heterocycles. The highest BCUT2D eigenvalue weighted by atomic mass is 32.2. The van der Waals surface area contributed by atoms with E-state index in [1.165, 1.54) is 4.90 Å². The summed E-state index contributed by atoms with van der Waals surface area (Å²) in [5, 5.41) is 0.280. The molecule has 0 aliphatic carbocycles. The van der Waals surface area contributed by atoms with Crippen molar-refractivity contribution in [3.63, 3.8) is 0 Å². The summed E-state index contributed by atoms with van der Waals surface area (Å²) >= 11 is 1.09. The highest BCUT2D eigenvalue weighted by molar-refractivity contribution is 8.02. The third kappa shape index (κ3) is 4.21. The van der Waals surface area contributed by atoms with Gasteiger partial charge in [-0.2, -0.15) is 13.2 Å². The summed E-state index contributed by atoms with van der Waals surface area (Å²) < 4.78 is 35.4. The maximum Gasteiger partial charge on any atom is 0.454 e. The van der Waals surface area contributed by atoms with Gasteiger partial charge in [-0.1, -0.05) is 0 Å². The summed E-state index contributed by atoms with van der Waals surface area (Å²) in [4.78, 5) is 11.9. The lowest BCUT2D eigenvalue weighted by Crippen LogP contribution is -2.22. The van der Waals surface area contributed by atoms with Gasteiger partial charge >= 0.3 is 6.18 Å². The van der Waals surface area contributed by atoms with Crippen molar-refractivity contribution in [1.29, 1.82) is 0 Å². The number of hydrogen-bond acceptors (Lipinski definition) is 3. The van der Waals surface area contributed by atoms with Crippen molar-refractivity contribution < 1.29 is 18.0 Å². The van der Waals surface area contributed by atoms with E-state index in [4.69, 9.17) is 0 Å². The molecule has 0 aromatic carbocycles. The second kappa shape index (κ2) is 4.55. The fraction of sp³-hybridized carbons (Fsp3) is 0.571. The van der Waals surface area contributed by atoms with Gasteiger partial charge in [-0.15, -0.1) is 11.8 Å². The first-order valence-corrected chi connectivity index (χ1v) is 4.55. The monoisotopic (exact) mass is 213 g/mol. The van der Waals surface area contributed by atoms with Crippen LogP contribution in [-0.2, 0) is 4.79 Å². The van der Waals surface area contributed by atoms with Crippen LogP contribution in [0.4, 0.5) is 13.2 Å². The SMILES string of the molecule is CSC(=CC(=O)C(F)(F)F)N(C)C. The van der Waals surface area contributed by atoms with Crippen LogP contribution in [0.2, 0.25) is 0 Å². The zero-order valence-electron chi connectivity index (χ0n) is 7.47. The number of ketones is 1. The Kier molecular flexibility index (Phi) is 4.32. The van der Waals surface area contributed by atoms with Gasteiger partial charge in [0.25, 0.3) is 5.78 Å². The van der Waals surface area contributed by atoms with Crippen LogP contribution in [0.15, 0.2) is 11.1 Å². The second-order valence-corrected chi connectivity index (χ2v) is 3.27. The van der Waals surface area contributed by atoms with Gasteiger partial charge in [0, 0.05) is 20.2 Å². The molecule has 0 saturated heterocycles. The van der Waals surface area contributed by atoms with Gasteiger partial charge in [-0.3, -0.25) is 4.79 Å². The van der Waals surface area contributed by atoms with Crippen molar-refractivity contribution in [3.05, 3.63) is 11.1 Å². The molecule has 0 saturated carbocycles. The average Bonchev–Trinajstić information content (AvgIpc) is 1.96. The summed E-state index contributed by atoms with van der Waals surface area (Å²) in [7, 11) is 3.15. The van der Waals surface area contributed by atoms with E-state index in [1.807, 2.05) is 0 Å². The van der Waals surface area contributed by atoms with Gasteiger partial charge in [0.05, 0.1) is 5.03 Å². The van der Waals surface area contributed by atoms with Crippen LogP contribution < -0.4 is 0 Å². The molecule has 6 heteroatoms. The third-order valence-corrected chi connectivity index (χ3v) is 2.09. The lowest BCUT2D eigenvalue weighted by atomic mass is 10.4. The molecule has 0 N–H and O–H groups in total. The predicted octanol–water partition coefficient (Wildman–Crippen LogP) is 1.88. The lowest BCUT2D eigenvalue weighted by Gasteiger charge is -2.14. The first kappa shape index (κ1) is 12.3. The quantitative estimate of drug-likeness (QED) is 0.668. The summed E-state index contributed by atoms with van der Waals surface area (Å²) in [6.45, 7) is 0. The second-order valence-electron chi connectivity index (χ2n) is 2.44. The molecule has 0 aromatic rings. The minimum Gasteiger partial charge on any atom is -0.372 e. The third-order valence-electron chi connectivity index (χ3n) is 1.18. The largest absolute Gasteiger partial charge is 0.454 e. The van der Waals surface area contributed by atoms with E-state index in [0.29, 0.717) is 6.08 Å². The molecule has 0 atom stereocenters. The van der Waals surface area contributed by atoms with Crippen molar-refractivity contribution in [2.45, 2.75) is 6.18 Å². The number of carbonyl (C=O) groups is 1. The van der Waals surface area contributed by atoms with E-state index in [0.717, 1.165) is 11.8 Å². The number of allylic oxidation sites excluding steroid dienone is 1. The smallest absolute Gasteiger partial charge is 0.372 e. The normalized spacial score (nSPS) is 12.9. The van der Waals surface area contributed by atoms with Crippen LogP contribution >= 0.6 is 11.8 Å². The zero-order chi connectivity index (χ0) is 10.6. The molecule has 0 aliphatic rings. The Hall–Kier alpha value is -0.650. The molecular formula is C7H10F3NOS. The molecule has 0 aliphatic heterocycles. The number of thioether (sulfide) groups is 1. The Labute approximate surface area is 78.8 Å². The summed E-state index contributed by atoms with van der Waals surface area (Å²) in [6.07, 6.45) is -2.59. The lowest BCUT2D eigenvalue weighted by molar-refractivity contribution is -0.165. The van der Waals surface area contributed by atoms with Gasteiger partial charge in [-0.05, 0) is 6.26 Å². The summed E-state index contributed by atoms with van der Waals surface area (Å²) in [5.74, 6) is -1.83. The Bertz CT molecular complexity index is 222. The Morgan fingerprint density at radius 3 is 2.08 bits per heavy atom. The van der Waals surface area contributed by atoms with Crippen molar-refractivity contribution in [1.82, 2.24) is 4.90 Å². The minimum absolute atomic E-state index is 0.280. The maximum absolute atomic E-state index is 11.8. The summed E-state index contributed by atoms with van der Waals surface area (Å²) in [5.41, 5.74) is 0. The number of alkyl halides is 3. The number of halogens is 3. The Balaban J connectivity index is 4.62. The first-order valence-electron chi connectivity index (χ1n) is 3.33. The molecule has 76 valence electrons. The number of nitrogens with zero attached hydrogens (tertiary/aromatic N) is 1. The maximum atomic E-state index is 11.8. The number of hydrogen-bond donors (Lipinski definition) is 0.